The molecule has 2 heterocycles. The van der Waals surface area contributed by atoms with Crippen LogP contribution in [-0.2, 0) is 37.3 Å². The van der Waals surface area contributed by atoms with Gasteiger partial charge < -0.3 is 9.52 Å². The zero-order valence-corrected chi connectivity index (χ0v) is 38.8. The van der Waals surface area contributed by atoms with Crippen LogP contribution in [0, 0.1) is 17.9 Å². The van der Waals surface area contributed by atoms with E-state index in [1.807, 2.05) is 18.3 Å². The quantitative estimate of drug-likeness (QED) is 0.162. The van der Waals surface area contributed by atoms with Crippen molar-refractivity contribution in [3.05, 3.63) is 126 Å². The van der Waals surface area contributed by atoms with Crippen LogP contribution in [0.5, 0.6) is 5.75 Å². The van der Waals surface area contributed by atoms with Gasteiger partial charge in [-0.25, -0.2) is 4.98 Å². The number of aromatic nitrogens is 2. The second-order valence-electron chi connectivity index (χ2n) is 19.8. The Balaban J connectivity index is 0.00000567. The molecule has 4 nitrogen and oxygen atoms in total. The van der Waals surface area contributed by atoms with Gasteiger partial charge in [0.2, 0.25) is 5.89 Å². The smallest absolute Gasteiger partial charge is 0.230 e. The number of oxazole rings is 1. The third kappa shape index (κ3) is 8.46. The first-order valence-corrected chi connectivity index (χ1v) is 20.6. The van der Waals surface area contributed by atoms with Gasteiger partial charge in [0, 0.05) is 32.8 Å². The second kappa shape index (κ2) is 15.9. The van der Waals surface area contributed by atoms with Crippen LogP contribution in [-0.4, -0.2) is 15.1 Å². The Morgan fingerprint density at radius 3 is 1.74 bits per heavy atom. The second-order valence-corrected chi connectivity index (χ2v) is 19.8. The van der Waals surface area contributed by atoms with Crippen LogP contribution in [0.1, 0.15) is 118 Å². The van der Waals surface area contributed by atoms with Gasteiger partial charge in [-0.05, 0) is 97.0 Å². The molecule has 1 N–H and O–H groups in total. The number of aromatic hydroxyl groups is 1. The molecular formula is C53H59N2O2Pt-. The molecule has 7 aromatic rings. The maximum absolute atomic E-state index is 11.1. The van der Waals surface area contributed by atoms with Crippen molar-refractivity contribution in [1.82, 2.24) is 9.97 Å². The normalized spacial score (nSPS) is 12.6. The van der Waals surface area contributed by atoms with Gasteiger partial charge >= 0.3 is 0 Å². The Kier molecular flexibility index (Phi) is 11.8. The molecule has 0 saturated heterocycles. The molecule has 0 unspecified atom stereocenters. The van der Waals surface area contributed by atoms with Gasteiger partial charge in [-0.1, -0.05) is 150 Å². The van der Waals surface area contributed by atoms with Gasteiger partial charge in [0.15, 0.2) is 0 Å². The minimum atomic E-state index is -0.115. The molecular weight excluding hydrogens is 892 g/mol. The number of phenolic OH excluding ortho intramolecular Hbond substituents is 1. The fourth-order valence-electron chi connectivity index (χ4n) is 8.33. The zero-order chi connectivity index (χ0) is 41.2. The Morgan fingerprint density at radius 2 is 1.16 bits per heavy atom. The monoisotopic (exact) mass is 950 g/mol. The largest absolute Gasteiger partial charge is 0.507 e. The Morgan fingerprint density at radius 1 is 0.586 bits per heavy atom. The van der Waals surface area contributed by atoms with Crippen molar-refractivity contribution in [1.29, 1.82) is 0 Å². The van der Waals surface area contributed by atoms with Gasteiger partial charge in [0.25, 0.3) is 0 Å². The van der Waals surface area contributed by atoms with Crippen molar-refractivity contribution in [2.75, 3.05) is 0 Å². The number of nitrogens with zero attached hydrogens (tertiary/aromatic N) is 2. The summed E-state index contributed by atoms with van der Waals surface area (Å²) in [6.07, 6.45) is 1.98. The maximum atomic E-state index is 11.1. The molecule has 0 spiro atoms. The average molecular weight is 951 g/mol. The molecule has 0 atom stereocenters. The molecule has 0 fully saturated rings. The summed E-state index contributed by atoms with van der Waals surface area (Å²) in [6, 6.07) is 36.0. The number of fused-ring (bicyclic) bond motifs is 2. The van der Waals surface area contributed by atoms with Crippen LogP contribution in [0.25, 0.3) is 66.8 Å². The van der Waals surface area contributed by atoms with Gasteiger partial charge in [0.05, 0.1) is 11.1 Å². The summed E-state index contributed by atoms with van der Waals surface area (Å²) in [5.74, 6) is 1.88. The molecule has 0 bridgehead atoms. The summed E-state index contributed by atoms with van der Waals surface area (Å²) in [6.45, 7) is 29.4. The van der Waals surface area contributed by atoms with Crippen LogP contribution in [0.3, 0.4) is 0 Å². The summed E-state index contributed by atoms with van der Waals surface area (Å²) < 4.78 is 6.61. The Bertz CT molecular complexity index is 2580. The third-order valence-electron chi connectivity index (χ3n) is 11.6. The molecule has 0 aliphatic heterocycles. The fraction of sp³-hybridized carbons (Fsp3) is 0.358. The van der Waals surface area contributed by atoms with Crippen molar-refractivity contribution in [3.8, 4) is 50.6 Å². The summed E-state index contributed by atoms with van der Waals surface area (Å²) in [7, 11) is 0. The van der Waals surface area contributed by atoms with E-state index in [9.17, 15) is 5.11 Å². The van der Waals surface area contributed by atoms with E-state index < -0.39 is 0 Å². The maximum Gasteiger partial charge on any atom is 0.230 e. The molecule has 0 radical (unpaired) electrons. The molecule has 5 heteroatoms. The van der Waals surface area contributed by atoms with Crippen LogP contribution >= 0.6 is 0 Å². The first-order chi connectivity index (χ1) is 26.7. The molecule has 0 amide bonds. The summed E-state index contributed by atoms with van der Waals surface area (Å²) in [4.78, 5) is 10.2. The van der Waals surface area contributed by atoms with E-state index in [1.165, 1.54) is 22.1 Å². The SMILES string of the molecule is CC(C)C(c1ccnc2c(-c3[c-]c(-c4cc(-c5ccc(C(C)(C)C)cc5)cc5oc(-c6cc(C(C)(C)C)ccc6O)nc45)ccc3)cc(C(C)(C)C)cc12)C(C)C.[Pt]. The number of pyridine rings is 1. The first kappa shape index (κ1) is 43.1. The minimum Gasteiger partial charge on any atom is -0.507 e. The Hall–Kier alpha value is -4.53. The topological polar surface area (TPSA) is 59.2 Å². The first-order valence-electron chi connectivity index (χ1n) is 20.6. The van der Waals surface area contributed by atoms with Crippen molar-refractivity contribution < 1.29 is 30.6 Å². The number of benzene rings is 5. The third-order valence-corrected chi connectivity index (χ3v) is 11.6. The molecule has 0 aliphatic carbocycles. The molecule has 5 aromatic carbocycles. The van der Waals surface area contributed by atoms with E-state index in [2.05, 4.69) is 169 Å². The van der Waals surface area contributed by atoms with E-state index in [0.29, 0.717) is 34.8 Å². The van der Waals surface area contributed by atoms with E-state index in [1.54, 1.807) is 6.07 Å². The molecule has 0 saturated carbocycles. The fourth-order valence-corrected chi connectivity index (χ4v) is 8.33. The summed E-state index contributed by atoms with van der Waals surface area (Å²) in [5.41, 5.74) is 13.8. The molecule has 0 aliphatic rings. The van der Waals surface area contributed by atoms with Crippen LogP contribution < -0.4 is 0 Å². The minimum absolute atomic E-state index is 0. The van der Waals surface area contributed by atoms with Crippen molar-refractivity contribution >= 4 is 22.0 Å². The number of phenols is 1. The van der Waals surface area contributed by atoms with Gasteiger partial charge in [-0.2, -0.15) is 0 Å². The van der Waals surface area contributed by atoms with Gasteiger partial charge in [-0.15, -0.1) is 35.4 Å². The van der Waals surface area contributed by atoms with Crippen LogP contribution in [0.4, 0.5) is 0 Å². The number of hydrogen-bond acceptors (Lipinski definition) is 4. The number of hydrogen-bond donors (Lipinski definition) is 1. The molecule has 2 aromatic heterocycles. The van der Waals surface area contributed by atoms with E-state index >= 15 is 0 Å². The van der Waals surface area contributed by atoms with Crippen molar-refractivity contribution in [3.63, 3.8) is 0 Å². The van der Waals surface area contributed by atoms with E-state index in [-0.39, 0.29) is 43.1 Å². The average Bonchev–Trinajstić information content (AvgIpc) is 3.57. The standard InChI is InChI=1S/C53H59N2O2.Pt/c1-31(2)47(32(3)4)40-23-24-54-48-42(29-39(30-43(40)48)53(11,12)13)35-16-14-15-34(25-35)41-26-36(33-17-19-37(20-18-33)51(5,6)7)27-46-49(41)55-50(57-46)44-28-38(52(8,9)10)21-22-45(44)56;/h14-24,26-32,47,56H,1-13H3;/q-1;. The summed E-state index contributed by atoms with van der Waals surface area (Å²) in [5, 5.41) is 12.3. The predicted molar refractivity (Wildman–Crippen MR) is 240 cm³/mol. The van der Waals surface area contributed by atoms with Crippen LogP contribution in [0.15, 0.2) is 102 Å². The number of rotatable bonds is 7. The predicted octanol–water partition coefficient (Wildman–Crippen LogP) is 14.8. The van der Waals surface area contributed by atoms with Crippen molar-refractivity contribution in [2.45, 2.75) is 112 Å². The van der Waals surface area contributed by atoms with E-state index in [4.69, 9.17) is 14.4 Å². The Labute approximate surface area is 360 Å². The van der Waals surface area contributed by atoms with Gasteiger partial charge in [0.1, 0.15) is 11.3 Å². The van der Waals surface area contributed by atoms with Crippen LogP contribution in [0.2, 0.25) is 0 Å². The molecule has 304 valence electrons. The molecule has 58 heavy (non-hydrogen) atoms. The molecule has 7 rings (SSSR count). The van der Waals surface area contributed by atoms with Gasteiger partial charge in [-0.3, -0.25) is 4.98 Å². The summed E-state index contributed by atoms with van der Waals surface area (Å²) >= 11 is 0. The van der Waals surface area contributed by atoms with Crippen molar-refractivity contribution in [2.24, 2.45) is 11.8 Å². The van der Waals surface area contributed by atoms with E-state index in [0.717, 1.165) is 50.0 Å². The zero-order valence-electron chi connectivity index (χ0n) is 36.5.